The second-order valence-electron chi connectivity index (χ2n) is 5.47. The number of hydrogen-bond donors (Lipinski definition) is 0. The van der Waals surface area contributed by atoms with Crippen molar-refractivity contribution in [2.45, 2.75) is 18.2 Å². The lowest BCUT2D eigenvalue weighted by Crippen LogP contribution is -2.36. The summed E-state index contributed by atoms with van der Waals surface area (Å²) in [6.45, 7) is 3.05. The van der Waals surface area contributed by atoms with E-state index >= 15 is 0 Å². The number of hydrogen-bond acceptors (Lipinski definition) is 4. The van der Waals surface area contributed by atoms with Crippen LogP contribution in [0.5, 0.6) is 0 Å². The fraction of sp³-hybridized carbons (Fsp3) is 0.500. The van der Waals surface area contributed by atoms with Crippen LogP contribution in [0.2, 0.25) is 0 Å². The van der Waals surface area contributed by atoms with Gasteiger partial charge >= 0.3 is 0 Å². The maximum atomic E-state index is 12.6. The second-order valence-corrected chi connectivity index (χ2v) is 7.41. The summed E-state index contributed by atoms with van der Waals surface area (Å²) < 4.78 is 26.7. The lowest BCUT2D eigenvalue weighted by Gasteiger charge is -2.29. The van der Waals surface area contributed by atoms with Crippen LogP contribution in [-0.2, 0) is 14.9 Å². The van der Waals surface area contributed by atoms with Crippen molar-refractivity contribution in [2.75, 3.05) is 20.2 Å². The minimum absolute atomic E-state index is 0.232. The molecule has 108 valence electrons. The molecule has 1 saturated carbocycles. The Hall–Kier alpha value is -1.40. The van der Waals surface area contributed by atoms with Crippen LogP contribution in [0, 0.1) is 18.8 Å². The smallest absolute Gasteiger partial charge is 0.243 e. The molecule has 1 aromatic rings. The molecule has 2 aliphatic rings. The van der Waals surface area contributed by atoms with E-state index in [0.29, 0.717) is 23.9 Å². The van der Waals surface area contributed by atoms with Crippen LogP contribution in [0.4, 0.5) is 0 Å². The van der Waals surface area contributed by atoms with Gasteiger partial charge in [0, 0.05) is 19.0 Å². The van der Waals surface area contributed by atoms with Gasteiger partial charge in [0.15, 0.2) is 0 Å². The molecule has 0 unspecified atom stereocenters. The van der Waals surface area contributed by atoms with Gasteiger partial charge in [-0.1, -0.05) is 22.9 Å². The van der Waals surface area contributed by atoms with Crippen LogP contribution >= 0.6 is 0 Å². The highest BCUT2D eigenvalue weighted by atomic mass is 32.2. The monoisotopic (exact) mass is 294 g/mol. The van der Waals surface area contributed by atoms with Gasteiger partial charge in [-0.05, 0) is 31.4 Å². The highest BCUT2D eigenvalue weighted by molar-refractivity contribution is 7.89. The van der Waals surface area contributed by atoms with Gasteiger partial charge in [-0.2, -0.15) is 4.31 Å². The zero-order valence-electron chi connectivity index (χ0n) is 11.6. The predicted octanol–water partition coefficient (Wildman–Crippen LogP) is 1.64. The topological polar surface area (TPSA) is 59.0 Å². The molecular formula is C14H18N2O3S. The van der Waals surface area contributed by atoms with E-state index in [1.807, 2.05) is 19.1 Å². The minimum Gasteiger partial charge on any atom is -0.399 e. The third kappa shape index (κ3) is 2.13. The fourth-order valence-corrected chi connectivity index (χ4v) is 4.48. The van der Waals surface area contributed by atoms with Crippen molar-refractivity contribution in [3.63, 3.8) is 0 Å². The Morgan fingerprint density at radius 3 is 2.60 bits per heavy atom. The largest absolute Gasteiger partial charge is 0.399 e. The van der Waals surface area contributed by atoms with E-state index in [1.54, 1.807) is 16.4 Å². The molecule has 1 aliphatic heterocycles. The van der Waals surface area contributed by atoms with E-state index in [0.717, 1.165) is 17.7 Å². The van der Waals surface area contributed by atoms with E-state index in [-0.39, 0.29) is 5.92 Å². The first-order valence-corrected chi connectivity index (χ1v) is 8.13. The quantitative estimate of drug-likeness (QED) is 0.796. The zero-order chi connectivity index (χ0) is 14.3. The Bertz CT molecular complexity index is 637. The molecule has 0 bridgehead atoms. The molecule has 1 aromatic carbocycles. The summed E-state index contributed by atoms with van der Waals surface area (Å²) in [6, 6.07) is 7.01. The van der Waals surface area contributed by atoms with Gasteiger partial charge in [0.05, 0.1) is 10.6 Å². The molecule has 0 N–H and O–H groups in total. The summed E-state index contributed by atoms with van der Waals surface area (Å²) in [5, 5.41) is 3.97. The van der Waals surface area contributed by atoms with Crippen molar-refractivity contribution >= 4 is 15.7 Å². The molecule has 1 saturated heterocycles. The van der Waals surface area contributed by atoms with Crippen LogP contribution in [0.25, 0.3) is 0 Å². The van der Waals surface area contributed by atoms with Gasteiger partial charge in [0.25, 0.3) is 0 Å². The minimum atomic E-state index is -3.38. The van der Waals surface area contributed by atoms with Gasteiger partial charge in [-0.3, -0.25) is 0 Å². The number of aryl methyl sites for hydroxylation is 1. The third-order valence-electron chi connectivity index (χ3n) is 4.17. The van der Waals surface area contributed by atoms with Crippen molar-refractivity contribution in [2.24, 2.45) is 17.0 Å². The predicted molar refractivity (Wildman–Crippen MR) is 76.0 cm³/mol. The van der Waals surface area contributed by atoms with Crippen LogP contribution in [0.3, 0.4) is 0 Å². The van der Waals surface area contributed by atoms with Crippen molar-refractivity contribution in [3.05, 3.63) is 29.8 Å². The molecule has 5 nitrogen and oxygen atoms in total. The number of fused-ring (bicyclic) bond motifs is 1. The van der Waals surface area contributed by atoms with Crippen molar-refractivity contribution in [1.29, 1.82) is 0 Å². The molecule has 0 radical (unpaired) electrons. The molecule has 0 aromatic heterocycles. The third-order valence-corrected chi connectivity index (χ3v) is 6.02. The van der Waals surface area contributed by atoms with Crippen LogP contribution < -0.4 is 0 Å². The van der Waals surface area contributed by atoms with E-state index in [1.165, 1.54) is 7.11 Å². The lowest BCUT2D eigenvalue weighted by molar-refractivity contribution is 0.203. The highest BCUT2D eigenvalue weighted by Gasteiger charge is 2.48. The summed E-state index contributed by atoms with van der Waals surface area (Å²) in [4.78, 5) is 5.16. The summed E-state index contributed by atoms with van der Waals surface area (Å²) in [5.41, 5.74) is 2.04. The van der Waals surface area contributed by atoms with Gasteiger partial charge < -0.3 is 4.84 Å². The molecule has 20 heavy (non-hydrogen) atoms. The van der Waals surface area contributed by atoms with E-state index in [2.05, 4.69) is 5.16 Å². The van der Waals surface area contributed by atoms with Crippen LogP contribution in [-0.4, -0.2) is 38.6 Å². The molecule has 6 heteroatoms. The first-order chi connectivity index (χ1) is 9.52. The van der Waals surface area contributed by atoms with Gasteiger partial charge in [-0.15, -0.1) is 0 Å². The van der Waals surface area contributed by atoms with Crippen LogP contribution in [0.15, 0.2) is 34.3 Å². The number of nitrogens with zero attached hydrogens (tertiary/aromatic N) is 2. The standard InChI is InChI=1S/C14H18N2O3S/c1-10-3-5-12(6-4-10)20(17,18)16-8-11-7-14(15-19-2)13(11)9-16/h3-6,11,13H,7-9H2,1-2H3/b15-14-/t11-,13+/m0/s1. The first-order valence-electron chi connectivity index (χ1n) is 6.69. The normalized spacial score (nSPS) is 28.2. The molecular weight excluding hydrogens is 276 g/mol. The maximum absolute atomic E-state index is 12.6. The molecule has 2 atom stereocenters. The Kier molecular flexibility index (Phi) is 3.30. The molecule has 1 heterocycles. The Morgan fingerprint density at radius 1 is 1.25 bits per heavy atom. The Labute approximate surface area is 119 Å². The second kappa shape index (κ2) is 4.86. The Balaban J connectivity index is 1.81. The van der Waals surface area contributed by atoms with E-state index in [4.69, 9.17) is 4.84 Å². The van der Waals surface area contributed by atoms with Crippen molar-refractivity contribution in [3.8, 4) is 0 Å². The van der Waals surface area contributed by atoms with E-state index in [9.17, 15) is 8.42 Å². The van der Waals surface area contributed by atoms with Gasteiger partial charge in [0.2, 0.25) is 10.0 Å². The van der Waals surface area contributed by atoms with Crippen molar-refractivity contribution in [1.82, 2.24) is 4.31 Å². The summed E-state index contributed by atoms with van der Waals surface area (Å²) in [7, 11) is -1.86. The molecule has 2 fully saturated rings. The number of rotatable bonds is 3. The van der Waals surface area contributed by atoms with Crippen molar-refractivity contribution < 1.29 is 13.3 Å². The number of benzene rings is 1. The summed E-state index contributed by atoms with van der Waals surface area (Å²) in [6.07, 6.45) is 0.846. The highest BCUT2D eigenvalue weighted by Crippen LogP contribution is 2.40. The number of sulfonamides is 1. The maximum Gasteiger partial charge on any atom is 0.243 e. The lowest BCUT2D eigenvalue weighted by atomic mass is 9.74. The zero-order valence-corrected chi connectivity index (χ0v) is 12.4. The summed E-state index contributed by atoms with van der Waals surface area (Å²) >= 11 is 0. The average Bonchev–Trinajstić information content (AvgIpc) is 2.75. The molecule has 1 aliphatic carbocycles. The molecule has 0 amide bonds. The first kappa shape index (κ1) is 13.6. The van der Waals surface area contributed by atoms with Crippen LogP contribution in [0.1, 0.15) is 12.0 Å². The Morgan fingerprint density at radius 2 is 1.95 bits per heavy atom. The summed E-state index contributed by atoms with van der Waals surface area (Å²) in [5.74, 6) is 0.624. The SMILES string of the molecule is CO/N=C1/C[C@H]2CN(S(=O)(=O)c3ccc(C)cc3)C[C@@H]12. The fourth-order valence-electron chi connectivity index (χ4n) is 2.95. The van der Waals surface area contributed by atoms with E-state index < -0.39 is 10.0 Å². The van der Waals surface area contributed by atoms with Gasteiger partial charge in [0.1, 0.15) is 7.11 Å². The number of oxime groups is 1. The molecule has 0 spiro atoms. The average molecular weight is 294 g/mol. The molecule has 3 rings (SSSR count). The van der Waals surface area contributed by atoms with Gasteiger partial charge in [-0.25, -0.2) is 8.42 Å².